The maximum absolute atomic E-state index is 13.9. The van der Waals surface area contributed by atoms with Gasteiger partial charge in [-0.1, -0.05) is 43.7 Å². The molecule has 0 unspecified atom stereocenters. The lowest BCUT2D eigenvalue weighted by Gasteiger charge is -2.30. The molecule has 0 amide bonds. The van der Waals surface area contributed by atoms with E-state index in [4.69, 9.17) is 4.42 Å². The fourth-order valence-electron chi connectivity index (χ4n) is 5.06. The molecule has 1 aliphatic rings. The minimum absolute atomic E-state index is 0.0451. The van der Waals surface area contributed by atoms with Crippen LogP contribution >= 0.6 is 0 Å². The first-order chi connectivity index (χ1) is 16.6. The number of halogens is 1. The van der Waals surface area contributed by atoms with Crippen LogP contribution in [0.1, 0.15) is 47.6 Å². The highest BCUT2D eigenvalue weighted by Crippen LogP contribution is 2.48. The zero-order valence-electron chi connectivity index (χ0n) is 20.1. The molecule has 0 aliphatic heterocycles. The number of carbonyl (C=O) groups excluding carboxylic acids is 1. The number of aromatic nitrogens is 1. The predicted molar refractivity (Wildman–Crippen MR) is 133 cm³/mol. The Labute approximate surface area is 202 Å². The maximum atomic E-state index is 13.9. The Bertz CT molecular complexity index is 1520. The van der Waals surface area contributed by atoms with Crippen molar-refractivity contribution >= 4 is 5.78 Å². The van der Waals surface area contributed by atoms with E-state index in [0.29, 0.717) is 35.3 Å². The van der Waals surface area contributed by atoms with E-state index in [0.717, 1.165) is 16.8 Å². The molecular formula is C29H26FNO4. The Morgan fingerprint density at radius 3 is 2.20 bits per heavy atom. The molecule has 0 saturated heterocycles. The van der Waals surface area contributed by atoms with Gasteiger partial charge in [0, 0.05) is 35.0 Å². The van der Waals surface area contributed by atoms with E-state index in [1.807, 2.05) is 49.6 Å². The SMILES string of the molecule is Cc1ccc(-c2c(-c3c(O)cc(C)oc3=O)c3c(n2-c2ccc(F)cc2)CC(C)(C)CC3=O)cc1. The molecule has 0 atom stereocenters. The Hall–Kier alpha value is -3.93. The van der Waals surface area contributed by atoms with E-state index in [-0.39, 0.29) is 34.1 Å². The van der Waals surface area contributed by atoms with Gasteiger partial charge in [0.25, 0.3) is 0 Å². The first-order valence-corrected chi connectivity index (χ1v) is 11.5. The third kappa shape index (κ3) is 3.89. The zero-order chi connectivity index (χ0) is 25.1. The molecular weight excluding hydrogens is 445 g/mol. The van der Waals surface area contributed by atoms with Gasteiger partial charge in [-0.3, -0.25) is 4.79 Å². The summed E-state index contributed by atoms with van der Waals surface area (Å²) in [6, 6.07) is 15.2. The number of hydrogen-bond donors (Lipinski definition) is 1. The minimum Gasteiger partial charge on any atom is -0.507 e. The number of nitrogens with zero attached hydrogens (tertiary/aromatic N) is 1. The molecule has 0 spiro atoms. The van der Waals surface area contributed by atoms with Crippen molar-refractivity contribution in [1.29, 1.82) is 0 Å². The highest BCUT2D eigenvalue weighted by atomic mass is 19.1. The number of carbonyl (C=O) groups is 1. The van der Waals surface area contributed by atoms with Crippen LogP contribution < -0.4 is 5.63 Å². The van der Waals surface area contributed by atoms with Gasteiger partial charge in [0.1, 0.15) is 22.9 Å². The van der Waals surface area contributed by atoms with Crippen LogP contribution in [0.2, 0.25) is 0 Å². The van der Waals surface area contributed by atoms with E-state index in [1.165, 1.54) is 18.2 Å². The molecule has 0 bridgehead atoms. The van der Waals surface area contributed by atoms with Crippen LogP contribution in [-0.2, 0) is 6.42 Å². The second kappa shape index (κ2) is 8.08. The summed E-state index contributed by atoms with van der Waals surface area (Å²) in [4.78, 5) is 26.7. The van der Waals surface area contributed by atoms with Crippen molar-refractivity contribution in [3.05, 3.63) is 93.4 Å². The van der Waals surface area contributed by atoms with Gasteiger partial charge in [-0.2, -0.15) is 0 Å². The Kier molecular flexibility index (Phi) is 5.28. The van der Waals surface area contributed by atoms with Gasteiger partial charge < -0.3 is 14.1 Å². The molecule has 0 radical (unpaired) electrons. The smallest absolute Gasteiger partial charge is 0.347 e. The van der Waals surface area contributed by atoms with Crippen LogP contribution in [0.5, 0.6) is 5.75 Å². The number of aromatic hydroxyl groups is 1. The van der Waals surface area contributed by atoms with Crippen molar-refractivity contribution in [3.8, 4) is 33.8 Å². The van der Waals surface area contributed by atoms with Gasteiger partial charge in [0.2, 0.25) is 0 Å². The molecule has 2 aromatic carbocycles. The number of rotatable bonds is 3. The van der Waals surface area contributed by atoms with Crippen molar-refractivity contribution in [1.82, 2.24) is 4.57 Å². The summed E-state index contributed by atoms with van der Waals surface area (Å²) in [5, 5.41) is 10.9. The Morgan fingerprint density at radius 1 is 0.914 bits per heavy atom. The van der Waals surface area contributed by atoms with Gasteiger partial charge >= 0.3 is 5.63 Å². The molecule has 178 valence electrons. The molecule has 5 rings (SSSR count). The molecule has 2 heterocycles. The zero-order valence-corrected chi connectivity index (χ0v) is 20.1. The summed E-state index contributed by atoms with van der Waals surface area (Å²) in [7, 11) is 0. The Balaban J connectivity index is 1.99. The van der Waals surface area contributed by atoms with Gasteiger partial charge in [0.05, 0.1) is 5.69 Å². The summed E-state index contributed by atoms with van der Waals surface area (Å²) >= 11 is 0. The van der Waals surface area contributed by atoms with Crippen molar-refractivity contribution in [2.45, 2.75) is 40.5 Å². The monoisotopic (exact) mass is 471 g/mol. The molecule has 5 nitrogen and oxygen atoms in total. The van der Waals surface area contributed by atoms with Gasteiger partial charge in [-0.15, -0.1) is 0 Å². The van der Waals surface area contributed by atoms with Crippen molar-refractivity contribution in [2.75, 3.05) is 0 Å². The number of hydrogen-bond acceptors (Lipinski definition) is 4. The summed E-state index contributed by atoms with van der Waals surface area (Å²) in [6.07, 6.45) is 0.855. The van der Waals surface area contributed by atoms with Crippen molar-refractivity contribution in [2.24, 2.45) is 5.41 Å². The molecule has 35 heavy (non-hydrogen) atoms. The van der Waals surface area contributed by atoms with E-state index in [1.54, 1.807) is 19.1 Å². The van der Waals surface area contributed by atoms with E-state index in [2.05, 4.69) is 0 Å². The summed E-state index contributed by atoms with van der Waals surface area (Å²) in [6.45, 7) is 7.61. The van der Waals surface area contributed by atoms with E-state index in [9.17, 15) is 19.1 Å². The van der Waals surface area contributed by atoms with Gasteiger partial charge in [-0.25, -0.2) is 9.18 Å². The lowest BCUT2D eigenvalue weighted by atomic mass is 9.75. The molecule has 1 aliphatic carbocycles. The van der Waals surface area contributed by atoms with E-state index >= 15 is 0 Å². The van der Waals surface area contributed by atoms with Crippen molar-refractivity contribution in [3.63, 3.8) is 0 Å². The lowest BCUT2D eigenvalue weighted by molar-refractivity contribution is 0.0911. The van der Waals surface area contributed by atoms with Crippen LogP contribution in [0.15, 0.2) is 63.8 Å². The normalized spacial score (nSPS) is 14.7. The second-order valence-electron chi connectivity index (χ2n) is 10.1. The minimum atomic E-state index is -0.715. The summed E-state index contributed by atoms with van der Waals surface area (Å²) in [5.41, 5.74) is 3.44. The number of fused-ring (bicyclic) bond motifs is 1. The maximum Gasteiger partial charge on any atom is 0.347 e. The topological polar surface area (TPSA) is 72.4 Å². The molecule has 1 N–H and O–H groups in total. The lowest BCUT2D eigenvalue weighted by Crippen LogP contribution is -2.28. The summed E-state index contributed by atoms with van der Waals surface area (Å²) < 4.78 is 21.1. The first kappa shape index (κ1) is 22.8. The average molecular weight is 472 g/mol. The fourth-order valence-corrected chi connectivity index (χ4v) is 5.06. The van der Waals surface area contributed by atoms with Gasteiger partial charge in [0.15, 0.2) is 5.78 Å². The number of aryl methyl sites for hydroxylation is 2. The van der Waals surface area contributed by atoms with Crippen molar-refractivity contribution < 1.29 is 18.7 Å². The highest BCUT2D eigenvalue weighted by Gasteiger charge is 2.40. The number of Topliss-reactive ketones (excluding diaryl/α,β-unsaturated/α-hetero) is 1. The molecule has 2 aromatic heterocycles. The standard InChI is InChI=1S/C29H26FNO4/c1-16-5-7-18(8-6-16)27-26(25-22(32)13-17(2)35-28(25)34)24-21(14-29(3,4)15-23(24)33)31(27)20-11-9-19(30)10-12-20/h5-13,32H,14-15H2,1-4H3. The van der Waals surface area contributed by atoms with E-state index < -0.39 is 5.63 Å². The van der Waals surface area contributed by atoms with Crippen LogP contribution in [0, 0.1) is 25.1 Å². The Morgan fingerprint density at radius 2 is 1.57 bits per heavy atom. The number of ketones is 1. The molecule has 4 aromatic rings. The van der Waals surface area contributed by atoms with Gasteiger partial charge in [-0.05, 0) is 55.5 Å². The third-order valence-electron chi connectivity index (χ3n) is 6.55. The van der Waals surface area contributed by atoms with Crippen LogP contribution in [-0.4, -0.2) is 15.5 Å². The second-order valence-corrected chi connectivity index (χ2v) is 10.1. The summed E-state index contributed by atoms with van der Waals surface area (Å²) in [5.74, 6) is -0.462. The van der Waals surface area contributed by atoms with Crippen LogP contribution in [0.3, 0.4) is 0 Å². The number of benzene rings is 2. The van der Waals surface area contributed by atoms with Crippen LogP contribution in [0.25, 0.3) is 28.1 Å². The molecule has 0 fully saturated rings. The molecule has 6 heteroatoms. The average Bonchev–Trinajstić information content (AvgIpc) is 3.08. The molecule has 0 saturated carbocycles. The largest absolute Gasteiger partial charge is 0.507 e. The first-order valence-electron chi connectivity index (χ1n) is 11.5. The highest BCUT2D eigenvalue weighted by molar-refractivity contribution is 6.09. The predicted octanol–water partition coefficient (Wildman–Crippen LogP) is 6.38. The quantitative estimate of drug-likeness (QED) is 0.376. The van der Waals surface area contributed by atoms with Crippen LogP contribution in [0.4, 0.5) is 4.39 Å². The fraction of sp³-hybridized carbons (Fsp3) is 0.241. The third-order valence-corrected chi connectivity index (χ3v) is 6.55.